The number of hydrogen-bond acceptors (Lipinski definition) is 3. The molecule has 0 aliphatic rings. The molecule has 1 aromatic carbocycles. The van der Waals surface area contributed by atoms with Gasteiger partial charge in [0.2, 0.25) is 0 Å². The number of amides is 1. The summed E-state index contributed by atoms with van der Waals surface area (Å²) < 4.78 is 18.1. The van der Waals surface area contributed by atoms with Crippen LogP contribution in [0.25, 0.3) is 0 Å². The third-order valence-electron chi connectivity index (χ3n) is 2.81. The van der Waals surface area contributed by atoms with Gasteiger partial charge in [-0.15, -0.1) is 0 Å². The van der Waals surface area contributed by atoms with Crippen LogP contribution < -0.4 is 10.1 Å². The first kappa shape index (κ1) is 15.3. The molecule has 0 saturated carbocycles. The van der Waals surface area contributed by atoms with Crippen molar-refractivity contribution in [3.05, 3.63) is 59.1 Å². The lowest BCUT2D eigenvalue weighted by Crippen LogP contribution is -2.31. The summed E-state index contributed by atoms with van der Waals surface area (Å²) in [6.45, 7) is 1.65. The van der Waals surface area contributed by atoms with Gasteiger partial charge in [0.05, 0.1) is 11.1 Å². The van der Waals surface area contributed by atoms with E-state index in [-0.39, 0.29) is 29.3 Å². The van der Waals surface area contributed by atoms with Crippen LogP contribution in [0.5, 0.6) is 5.75 Å². The molecule has 21 heavy (non-hydrogen) atoms. The second-order valence-corrected chi connectivity index (χ2v) is 4.85. The number of aromatic nitrogens is 1. The summed E-state index contributed by atoms with van der Waals surface area (Å²) in [6, 6.07) is 7.22. The van der Waals surface area contributed by atoms with Gasteiger partial charge in [0.25, 0.3) is 5.91 Å². The summed E-state index contributed by atoms with van der Waals surface area (Å²) in [7, 11) is 0. The fourth-order valence-electron chi connectivity index (χ4n) is 1.73. The molecule has 0 saturated heterocycles. The number of nitrogens with zero attached hydrogens (tertiary/aromatic N) is 1. The van der Waals surface area contributed by atoms with Gasteiger partial charge in [-0.1, -0.05) is 17.7 Å². The van der Waals surface area contributed by atoms with E-state index in [2.05, 4.69) is 10.3 Å². The van der Waals surface area contributed by atoms with E-state index in [0.29, 0.717) is 0 Å². The Bertz CT molecular complexity index is 622. The van der Waals surface area contributed by atoms with Crippen molar-refractivity contribution in [1.29, 1.82) is 0 Å². The first-order chi connectivity index (χ1) is 10.1. The molecule has 0 radical (unpaired) electrons. The summed E-state index contributed by atoms with van der Waals surface area (Å²) in [5.74, 6) is -0.490. The Morgan fingerprint density at radius 3 is 2.95 bits per heavy atom. The molecule has 0 spiro atoms. The average molecular weight is 309 g/mol. The first-order valence-corrected chi connectivity index (χ1v) is 6.71. The van der Waals surface area contributed by atoms with Crippen LogP contribution in [0.1, 0.15) is 18.5 Å². The van der Waals surface area contributed by atoms with E-state index in [9.17, 15) is 9.18 Å². The Morgan fingerprint density at radius 1 is 1.48 bits per heavy atom. The van der Waals surface area contributed by atoms with Gasteiger partial charge in [-0.2, -0.15) is 0 Å². The van der Waals surface area contributed by atoms with Gasteiger partial charge in [-0.3, -0.25) is 9.78 Å². The van der Waals surface area contributed by atoms with Crippen LogP contribution in [0.4, 0.5) is 4.39 Å². The number of ether oxygens (including phenoxy) is 1. The maximum absolute atomic E-state index is 12.9. The molecule has 0 unspecified atom stereocenters. The fourth-order valence-corrected chi connectivity index (χ4v) is 1.96. The fraction of sp³-hybridized carbons (Fsp3) is 0.200. The quantitative estimate of drug-likeness (QED) is 0.923. The Morgan fingerprint density at radius 2 is 2.29 bits per heavy atom. The topological polar surface area (TPSA) is 51.2 Å². The minimum Gasteiger partial charge on any atom is -0.482 e. The average Bonchev–Trinajstić information content (AvgIpc) is 2.47. The molecule has 2 aromatic rings. The van der Waals surface area contributed by atoms with Crippen LogP contribution in [-0.2, 0) is 4.79 Å². The summed E-state index contributed by atoms with van der Waals surface area (Å²) in [5, 5.41) is 2.90. The number of rotatable bonds is 5. The van der Waals surface area contributed by atoms with Gasteiger partial charge in [0, 0.05) is 12.4 Å². The van der Waals surface area contributed by atoms with E-state index < -0.39 is 5.82 Å². The number of hydrogen-bond donors (Lipinski definition) is 1. The van der Waals surface area contributed by atoms with Crippen LogP contribution in [0.2, 0.25) is 5.02 Å². The predicted molar refractivity (Wildman–Crippen MR) is 77.7 cm³/mol. The Hall–Kier alpha value is -2.14. The zero-order valence-corrected chi connectivity index (χ0v) is 12.1. The Kier molecular flexibility index (Phi) is 5.11. The molecular formula is C15H14ClFN2O2. The van der Waals surface area contributed by atoms with Crippen molar-refractivity contribution >= 4 is 17.5 Å². The van der Waals surface area contributed by atoms with Gasteiger partial charge in [0.15, 0.2) is 6.61 Å². The summed E-state index contributed by atoms with van der Waals surface area (Å²) >= 11 is 5.81. The number of carbonyl (C=O) groups is 1. The molecule has 4 nitrogen and oxygen atoms in total. The van der Waals surface area contributed by atoms with E-state index in [0.717, 1.165) is 11.6 Å². The van der Waals surface area contributed by atoms with Gasteiger partial charge >= 0.3 is 0 Å². The number of benzene rings is 1. The van der Waals surface area contributed by atoms with Gasteiger partial charge in [-0.05, 0) is 36.8 Å². The molecule has 2 rings (SSSR count). The monoisotopic (exact) mass is 308 g/mol. The van der Waals surface area contributed by atoms with E-state index in [1.54, 1.807) is 18.5 Å². The van der Waals surface area contributed by atoms with E-state index in [1.807, 2.05) is 13.0 Å². The van der Waals surface area contributed by atoms with Gasteiger partial charge in [0.1, 0.15) is 11.6 Å². The van der Waals surface area contributed by atoms with Crippen molar-refractivity contribution in [2.45, 2.75) is 13.0 Å². The Labute approximate surface area is 126 Å². The highest BCUT2D eigenvalue weighted by Crippen LogP contribution is 2.24. The van der Waals surface area contributed by atoms with Crippen molar-refractivity contribution < 1.29 is 13.9 Å². The lowest BCUT2D eigenvalue weighted by molar-refractivity contribution is -0.123. The predicted octanol–water partition coefficient (Wildman–Crippen LogP) is 3.13. The highest BCUT2D eigenvalue weighted by Gasteiger charge is 2.11. The van der Waals surface area contributed by atoms with E-state index >= 15 is 0 Å². The van der Waals surface area contributed by atoms with E-state index in [4.69, 9.17) is 16.3 Å². The van der Waals surface area contributed by atoms with Gasteiger partial charge < -0.3 is 10.1 Å². The second kappa shape index (κ2) is 7.04. The highest BCUT2D eigenvalue weighted by atomic mass is 35.5. The lowest BCUT2D eigenvalue weighted by atomic mass is 10.1. The molecule has 1 N–H and O–H groups in total. The molecule has 0 bridgehead atoms. The minimum absolute atomic E-state index is 0.128. The third-order valence-corrected chi connectivity index (χ3v) is 3.11. The molecule has 1 amide bonds. The Balaban J connectivity index is 1.87. The molecule has 110 valence electrons. The standard InChI is InChI=1S/C15H14ClFN2O2/c1-10(11-3-2-6-18-8-11)19-15(20)9-21-14-5-4-12(17)7-13(14)16/h2-8,10H,9H2,1H3,(H,19,20)/t10-/m0/s1. The van der Waals surface area contributed by atoms with Crippen LogP contribution in [0, 0.1) is 5.82 Å². The molecule has 6 heteroatoms. The molecular weight excluding hydrogens is 295 g/mol. The van der Waals surface area contributed by atoms with Crippen molar-refractivity contribution in [2.75, 3.05) is 6.61 Å². The number of halogens is 2. The smallest absolute Gasteiger partial charge is 0.258 e. The molecule has 1 aromatic heterocycles. The third kappa shape index (κ3) is 4.43. The number of carbonyl (C=O) groups excluding carboxylic acids is 1. The lowest BCUT2D eigenvalue weighted by Gasteiger charge is -2.14. The second-order valence-electron chi connectivity index (χ2n) is 4.44. The molecule has 0 fully saturated rings. The molecule has 0 aliphatic heterocycles. The largest absolute Gasteiger partial charge is 0.482 e. The van der Waals surface area contributed by atoms with Crippen LogP contribution in [0.15, 0.2) is 42.7 Å². The maximum Gasteiger partial charge on any atom is 0.258 e. The summed E-state index contributed by atoms with van der Waals surface area (Å²) in [6.07, 6.45) is 3.35. The molecule has 0 aliphatic carbocycles. The zero-order valence-electron chi connectivity index (χ0n) is 11.3. The van der Waals surface area contributed by atoms with Gasteiger partial charge in [-0.25, -0.2) is 4.39 Å². The molecule has 1 heterocycles. The minimum atomic E-state index is -0.456. The van der Waals surface area contributed by atoms with Crippen molar-refractivity contribution in [3.63, 3.8) is 0 Å². The number of nitrogens with one attached hydrogen (secondary N) is 1. The van der Waals surface area contributed by atoms with Crippen LogP contribution >= 0.6 is 11.6 Å². The van der Waals surface area contributed by atoms with Crippen molar-refractivity contribution in [2.24, 2.45) is 0 Å². The van der Waals surface area contributed by atoms with Crippen LogP contribution in [0.3, 0.4) is 0 Å². The SMILES string of the molecule is C[C@H](NC(=O)COc1ccc(F)cc1Cl)c1cccnc1. The normalized spacial score (nSPS) is 11.8. The maximum atomic E-state index is 12.9. The zero-order chi connectivity index (χ0) is 15.2. The highest BCUT2D eigenvalue weighted by molar-refractivity contribution is 6.32. The van der Waals surface area contributed by atoms with Crippen molar-refractivity contribution in [3.8, 4) is 5.75 Å². The number of pyridine rings is 1. The van der Waals surface area contributed by atoms with Crippen LogP contribution in [-0.4, -0.2) is 17.5 Å². The van der Waals surface area contributed by atoms with E-state index in [1.165, 1.54) is 12.1 Å². The van der Waals surface area contributed by atoms with Crippen molar-refractivity contribution in [1.82, 2.24) is 10.3 Å². The molecule has 1 atom stereocenters. The summed E-state index contributed by atoms with van der Waals surface area (Å²) in [5.41, 5.74) is 0.894. The first-order valence-electron chi connectivity index (χ1n) is 6.33. The summed E-state index contributed by atoms with van der Waals surface area (Å²) in [4.78, 5) is 15.8.